The number of alkyl halides is 1. The molecule has 5 nitrogen and oxygen atoms in total. The third-order valence-electron chi connectivity index (χ3n) is 4.63. The molecule has 27 heavy (non-hydrogen) atoms. The van der Waals surface area contributed by atoms with Crippen molar-refractivity contribution in [2.75, 3.05) is 7.11 Å². The average Bonchev–Trinajstić information content (AvgIpc) is 3.15. The van der Waals surface area contributed by atoms with Crippen molar-refractivity contribution in [3.8, 4) is 28.3 Å². The first kappa shape index (κ1) is 17.5. The van der Waals surface area contributed by atoms with Crippen LogP contribution in [0, 0.1) is 0 Å². The second kappa shape index (κ2) is 7.04. The highest BCUT2D eigenvalue weighted by Crippen LogP contribution is 2.29. The van der Waals surface area contributed by atoms with E-state index in [2.05, 4.69) is 21.1 Å². The first-order valence-corrected chi connectivity index (χ1v) is 9.53. The quantitative estimate of drug-likeness (QED) is 0.443. The molecule has 136 valence electrons. The maximum atomic E-state index is 13.1. The van der Waals surface area contributed by atoms with Gasteiger partial charge in [-0.2, -0.15) is 0 Å². The second-order valence-corrected chi connectivity index (χ2v) is 6.78. The minimum atomic E-state index is -0.140. The fourth-order valence-corrected chi connectivity index (χ4v) is 3.47. The maximum absolute atomic E-state index is 13.1. The molecule has 0 aliphatic heterocycles. The number of rotatable bonds is 4. The van der Waals surface area contributed by atoms with Crippen molar-refractivity contribution in [1.82, 2.24) is 9.72 Å². The zero-order chi connectivity index (χ0) is 19.0. The summed E-state index contributed by atoms with van der Waals surface area (Å²) in [4.78, 5) is 13.1. The summed E-state index contributed by atoms with van der Waals surface area (Å²) in [5.41, 5.74) is 4.58. The largest absolute Gasteiger partial charge is 0.497 e. The van der Waals surface area contributed by atoms with Gasteiger partial charge in [-0.15, -0.1) is 0 Å². The highest BCUT2D eigenvalue weighted by atomic mass is 79.9. The lowest BCUT2D eigenvalue weighted by atomic mass is 10.1. The van der Waals surface area contributed by atoms with Crippen LogP contribution in [0.25, 0.3) is 33.5 Å². The van der Waals surface area contributed by atoms with E-state index in [0.717, 1.165) is 27.9 Å². The fourth-order valence-electron chi connectivity index (χ4n) is 3.09. The van der Waals surface area contributed by atoms with Gasteiger partial charge in [0.25, 0.3) is 5.56 Å². The van der Waals surface area contributed by atoms with Gasteiger partial charge in [-0.3, -0.25) is 4.79 Å². The Hall–Kier alpha value is -2.86. The van der Waals surface area contributed by atoms with Crippen LogP contribution >= 0.6 is 15.9 Å². The van der Waals surface area contributed by atoms with Gasteiger partial charge in [0.1, 0.15) is 16.8 Å². The van der Waals surface area contributed by atoms with Crippen molar-refractivity contribution in [2.24, 2.45) is 7.05 Å². The molecule has 0 saturated carbocycles. The number of hydrogen-bond donors (Lipinski definition) is 0. The van der Waals surface area contributed by atoms with Crippen LogP contribution in [0.15, 0.2) is 63.9 Å². The summed E-state index contributed by atoms with van der Waals surface area (Å²) in [6.45, 7) is 0. The molecule has 0 atom stereocenters. The Labute approximate surface area is 164 Å². The summed E-state index contributed by atoms with van der Waals surface area (Å²) in [5, 5.41) is 5.42. The number of methoxy groups -OCH3 is 1. The first-order valence-electron chi connectivity index (χ1n) is 8.41. The summed E-state index contributed by atoms with van der Waals surface area (Å²) in [5.74, 6) is 0.744. The normalized spacial score (nSPS) is 11.1. The molecule has 0 unspecified atom stereocenters. The molecule has 0 aliphatic carbocycles. The van der Waals surface area contributed by atoms with Crippen LogP contribution in [0.1, 0.15) is 5.56 Å². The molecule has 2 aromatic carbocycles. The molecular formula is C21H17BrN2O3. The average molecular weight is 425 g/mol. The molecule has 0 spiro atoms. The monoisotopic (exact) mass is 424 g/mol. The van der Waals surface area contributed by atoms with Crippen molar-refractivity contribution < 1.29 is 9.26 Å². The van der Waals surface area contributed by atoms with Gasteiger partial charge < -0.3 is 13.8 Å². The minimum absolute atomic E-state index is 0.140. The Morgan fingerprint density at radius 1 is 1.07 bits per heavy atom. The SMILES string of the molecule is COc1ccc(-c2noc3cc(-c4ccc(CBr)cc4)n(C)c(=O)c23)cc1. The Balaban J connectivity index is 1.86. The Morgan fingerprint density at radius 3 is 2.37 bits per heavy atom. The van der Waals surface area contributed by atoms with Crippen LogP contribution in [0.4, 0.5) is 0 Å². The van der Waals surface area contributed by atoms with Crippen molar-refractivity contribution >= 4 is 26.9 Å². The molecule has 0 radical (unpaired) electrons. The van der Waals surface area contributed by atoms with Gasteiger partial charge in [-0.25, -0.2) is 0 Å². The van der Waals surface area contributed by atoms with E-state index in [1.165, 1.54) is 5.56 Å². The Kier molecular flexibility index (Phi) is 4.58. The van der Waals surface area contributed by atoms with Crippen LogP contribution < -0.4 is 10.3 Å². The molecule has 0 saturated heterocycles. The van der Waals surface area contributed by atoms with E-state index in [4.69, 9.17) is 9.26 Å². The number of hydrogen-bond acceptors (Lipinski definition) is 4. The predicted octanol–water partition coefficient (Wildman–Crippen LogP) is 4.76. The van der Waals surface area contributed by atoms with Crippen LogP contribution in [0.2, 0.25) is 0 Å². The topological polar surface area (TPSA) is 57.3 Å². The zero-order valence-corrected chi connectivity index (χ0v) is 16.5. The molecule has 4 rings (SSSR count). The van der Waals surface area contributed by atoms with Crippen LogP contribution in [-0.4, -0.2) is 16.8 Å². The van der Waals surface area contributed by atoms with Gasteiger partial charge in [0.2, 0.25) is 0 Å². The lowest BCUT2D eigenvalue weighted by Gasteiger charge is -2.09. The molecular weight excluding hydrogens is 408 g/mol. The first-order chi connectivity index (χ1) is 13.1. The Bertz CT molecular complexity index is 1160. The highest BCUT2D eigenvalue weighted by molar-refractivity contribution is 9.08. The second-order valence-electron chi connectivity index (χ2n) is 6.22. The zero-order valence-electron chi connectivity index (χ0n) is 14.9. The van der Waals surface area contributed by atoms with Gasteiger partial charge in [0, 0.05) is 24.0 Å². The van der Waals surface area contributed by atoms with E-state index >= 15 is 0 Å². The van der Waals surface area contributed by atoms with E-state index < -0.39 is 0 Å². The smallest absolute Gasteiger partial charge is 0.264 e. The number of nitrogens with zero attached hydrogens (tertiary/aromatic N) is 2. The number of aromatic nitrogens is 2. The Morgan fingerprint density at radius 2 is 1.74 bits per heavy atom. The van der Waals surface area contributed by atoms with Crippen LogP contribution in [0.5, 0.6) is 5.75 Å². The third-order valence-corrected chi connectivity index (χ3v) is 5.28. The molecule has 0 aliphatic rings. The molecule has 4 aromatic rings. The van der Waals surface area contributed by atoms with E-state index in [-0.39, 0.29) is 5.56 Å². The van der Waals surface area contributed by atoms with E-state index in [1.54, 1.807) is 18.7 Å². The number of pyridine rings is 1. The molecule has 6 heteroatoms. The van der Waals surface area contributed by atoms with Gasteiger partial charge in [-0.1, -0.05) is 45.4 Å². The number of fused-ring (bicyclic) bond motifs is 1. The molecule has 0 amide bonds. The van der Waals surface area contributed by atoms with Gasteiger partial charge in [0.15, 0.2) is 5.58 Å². The maximum Gasteiger partial charge on any atom is 0.264 e. The van der Waals surface area contributed by atoms with Crippen LogP contribution in [0.3, 0.4) is 0 Å². The molecule has 2 aromatic heterocycles. The number of ether oxygens (including phenoxy) is 1. The minimum Gasteiger partial charge on any atom is -0.497 e. The predicted molar refractivity (Wildman–Crippen MR) is 109 cm³/mol. The summed E-state index contributed by atoms with van der Waals surface area (Å²) in [6.07, 6.45) is 0. The number of benzene rings is 2. The van der Waals surface area contributed by atoms with Crippen molar-refractivity contribution in [3.05, 3.63) is 70.5 Å². The lowest BCUT2D eigenvalue weighted by Crippen LogP contribution is -2.18. The van der Waals surface area contributed by atoms with Gasteiger partial charge in [-0.05, 0) is 35.4 Å². The summed E-state index contributed by atoms with van der Waals surface area (Å²) in [6, 6.07) is 17.3. The third kappa shape index (κ3) is 3.06. The van der Waals surface area contributed by atoms with E-state index in [1.807, 2.05) is 54.6 Å². The summed E-state index contributed by atoms with van der Waals surface area (Å²) < 4.78 is 12.3. The van der Waals surface area contributed by atoms with Crippen molar-refractivity contribution in [1.29, 1.82) is 0 Å². The number of halogens is 1. The molecule has 2 heterocycles. The highest BCUT2D eigenvalue weighted by Gasteiger charge is 2.18. The standard InChI is InChI=1S/C21H17BrN2O3/c1-24-17(14-5-3-13(12-22)4-6-14)11-18-19(21(24)25)20(23-27-18)15-7-9-16(26-2)10-8-15/h3-11H,12H2,1-2H3. The van der Waals surface area contributed by atoms with Gasteiger partial charge >= 0.3 is 0 Å². The summed E-state index contributed by atoms with van der Waals surface area (Å²) >= 11 is 3.44. The molecule has 0 N–H and O–H groups in total. The molecule has 0 bridgehead atoms. The van der Waals surface area contributed by atoms with E-state index in [0.29, 0.717) is 16.7 Å². The van der Waals surface area contributed by atoms with Crippen molar-refractivity contribution in [3.63, 3.8) is 0 Å². The lowest BCUT2D eigenvalue weighted by molar-refractivity contribution is 0.415. The van der Waals surface area contributed by atoms with E-state index in [9.17, 15) is 4.79 Å². The molecule has 0 fully saturated rings. The summed E-state index contributed by atoms with van der Waals surface area (Å²) in [7, 11) is 3.38. The van der Waals surface area contributed by atoms with Crippen molar-refractivity contribution in [2.45, 2.75) is 5.33 Å². The van der Waals surface area contributed by atoms with Gasteiger partial charge in [0.05, 0.1) is 12.8 Å². The fraction of sp³-hybridized carbons (Fsp3) is 0.143. The van der Waals surface area contributed by atoms with Crippen LogP contribution in [-0.2, 0) is 12.4 Å².